The molecule has 0 aliphatic heterocycles. The number of rotatable bonds is 5. The maximum atomic E-state index is 11.8. The molecule has 2 heterocycles. The number of para-hydroxylation sites is 2. The Morgan fingerprint density at radius 2 is 1.27 bits per heavy atom. The molecule has 0 saturated carbocycles. The van der Waals surface area contributed by atoms with Crippen molar-refractivity contribution in [3.63, 3.8) is 0 Å². The molecule has 4 rings (SSSR count). The van der Waals surface area contributed by atoms with E-state index in [1.165, 1.54) is 0 Å². The van der Waals surface area contributed by atoms with Crippen LogP contribution < -0.4 is 0 Å². The van der Waals surface area contributed by atoms with Gasteiger partial charge in [-0.05, 0) is 66.5 Å². The first-order valence-electron chi connectivity index (χ1n) is 12.6. The summed E-state index contributed by atoms with van der Waals surface area (Å²) in [5.74, 6) is 0.869. The molecule has 1 N–H and O–H groups in total. The van der Waals surface area contributed by atoms with E-state index in [9.17, 15) is 14.4 Å². The smallest absolute Gasteiger partial charge is 0.162 e. The second-order valence-electron chi connectivity index (χ2n) is 9.84. The van der Waals surface area contributed by atoms with Gasteiger partial charge in [0.1, 0.15) is 0 Å². The first-order chi connectivity index (χ1) is 17.3. The number of halogens is 1. The number of fused-ring (bicyclic) bond motifs is 2. The lowest BCUT2D eigenvalue weighted by atomic mass is 10.1. The highest BCUT2D eigenvalue weighted by Gasteiger charge is 2.21. The molecule has 0 amide bonds. The van der Waals surface area contributed by atoms with Crippen molar-refractivity contribution in [2.75, 3.05) is 0 Å². The zero-order chi connectivity index (χ0) is 28.0. The predicted molar refractivity (Wildman–Crippen MR) is 155 cm³/mol. The van der Waals surface area contributed by atoms with Crippen LogP contribution in [0.1, 0.15) is 86.6 Å². The summed E-state index contributed by atoms with van der Waals surface area (Å²) in [6, 6.07) is 15.3. The summed E-state index contributed by atoms with van der Waals surface area (Å²) in [7, 11) is 0. The van der Waals surface area contributed by atoms with Crippen molar-refractivity contribution in [1.29, 1.82) is 0 Å². The van der Waals surface area contributed by atoms with E-state index in [1.54, 1.807) is 20.8 Å². The van der Waals surface area contributed by atoms with Crippen molar-refractivity contribution in [2.45, 2.75) is 73.7 Å². The molecule has 2 aromatic carbocycles. The van der Waals surface area contributed by atoms with Crippen LogP contribution >= 0.6 is 11.6 Å². The van der Waals surface area contributed by atoms with Crippen LogP contribution in [0.25, 0.3) is 21.8 Å². The predicted octanol–water partition coefficient (Wildman–Crippen LogP) is 8.25. The van der Waals surface area contributed by atoms with E-state index in [0.717, 1.165) is 44.3 Å². The number of carbonyl (C=O) groups excluding carboxylic acids is 3. The Morgan fingerprint density at radius 1 is 0.784 bits per heavy atom. The van der Waals surface area contributed by atoms with Gasteiger partial charge in [0.25, 0.3) is 0 Å². The van der Waals surface area contributed by atoms with Gasteiger partial charge in [-0.2, -0.15) is 0 Å². The molecule has 5 nitrogen and oxygen atoms in total. The largest absolute Gasteiger partial charge is 0.358 e. The molecule has 0 saturated heterocycles. The number of aromatic amines is 1. The van der Waals surface area contributed by atoms with Gasteiger partial charge in [-0.15, -0.1) is 11.6 Å². The third-order valence-electron chi connectivity index (χ3n) is 6.65. The lowest BCUT2D eigenvalue weighted by Gasteiger charge is -2.14. The molecule has 0 aliphatic carbocycles. The Balaban J connectivity index is 0.000000221. The number of aromatic nitrogens is 2. The second kappa shape index (κ2) is 12.9. The second-order valence-corrected chi connectivity index (χ2v) is 10.5. The number of Topliss-reactive ketones (excluding diaryl/α,β-unsaturated/α-hetero) is 3. The van der Waals surface area contributed by atoms with Crippen molar-refractivity contribution in [2.24, 2.45) is 5.92 Å². The number of carbonyl (C=O) groups is 3. The quantitative estimate of drug-likeness (QED) is 0.212. The molecule has 2 unspecified atom stereocenters. The van der Waals surface area contributed by atoms with Crippen LogP contribution in [0.5, 0.6) is 0 Å². The Labute approximate surface area is 225 Å². The molecule has 0 aliphatic rings. The molecule has 198 valence electrons. The standard InChI is InChI=1S/C15H17NO2.C11H11NO.C5H11Cl/c1-9(11(3)17)16-10(2)15(12(4)18)13-7-5-6-8-14(13)16;1-7-11(8(2)13)9-5-3-4-6-10(9)12-7;1-4(2)5(3)6/h5-9H,1-4H3;3-6,12H,1-2H3;4-5H,1-3H3. The molecular weight excluding hydrogens is 484 g/mol. The van der Waals surface area contributed by atoms with E-state index in [4.69, 9.17) is 11.6 Å². The Bertz CT molecular complexity index is 1400. The van der Waals surface area contributed by atoms with Gasteiger partial charge < -0.3 is 9.55 Å². The van der Waals surface area contributed by atoms with Crippen molar-refractivity contribution in [1.82, 2.24) is 9.55 Å². The Morgan fingerprint density at radius 3 is 1.76 bits per heavy atom. The minimum Gasteiger partial charge on any atom is -0.358 e. The number of aryl methyl sites for hydroxylation is 1. The number of ketones is 3. The van der Waals surface area contributed by atoms with Crippen LogP contribution in [0.2, 0.25) is 0 Å². The van der Waals surface area contributed by atoms with Gasteiger partial charge in [0, 0.05) is 49.7 Å². The Kier molecular flexibility index (Phi) is 10.4. The molecular formula is C31H39ClN2O3. The molecule has 0 spiro atoms. The zero-order valence-electron chi connectivity index (χ0n) is 23.4. The molecule has 37 heavy (non-hydrogen) atoms. The summed E-state index contributed by atoms with van der Waals surface area (Å²) < 4.78 is 1.95. The average Bonchev–Trinajstić information content (AvgIpc) is 3.31. The lowest BCUT2D eigenvalue weighted by molar-refractivity contribution is -0.119. The first-order valence-corrected chi connectivity index (χ1v) is 13.1. The SMILES string of the molecule is CC(=O)c1c(C)[nH]c2ccccc12.CC(=O)c1c(C)n(C(C)C(C)=O)c2ccccc12.CC(C)C(C)Cl. The maximum Gasteiger partial charge on any atom is 0.162 e. The van der Waals surface area contributed by atoms with Gasteiger partial charge in [-0.1, -0.05) is 50.2 Å². The topological polar surface area (TPSA) is 71.9 Å². The summed E-state index contributed by atoms with van der Waals surface area (Å²) in [4.78, 5) is 37.9. The van der Waals surface area contributed by atoms with Gasteiger partial charge in [-0.25, -0.2) is 0 Å². The summed E-state index contributed by atoms with van der Waals surface area (Å²) in [5.41, 5.74) is 5.34. The minimum atomic E-state index is -0.247. The highest BCUT2D eigenvalue weighted by atomic mass is 35.5. The lowest BCUT2D eigenvalue weighted by Crippen LogP contribution is -2.15. The fourth-order valence-electron chi connectivity index (χ4n) is 4.25. The molecule has 0 radical (unpaired) electrons. The fourth-order valence-corrected chi connectivity index (χ4v) is 4.25. The van der Waals surface area contributed by atoms with Crippen LogP contribution in [0.4, 0.5) is 0 Å². The summed E-state index contributed by atoms with van der Waals surface area (Å²) in [5, 5.41) is 2.27. The van der Waals surface area contributed by atoms with Crippen LogP contribution in [0, 0.1) is 19.8 Å². The number of alkyl halides is 1. The van der Waals surface area contributed by atoms with Crippen LogP contribution in [-0.4, -0.2) is 32.3 Å². The highest BCUT2D eigenvalue weighted by Crippen LogP contribution is 2.29. The van der Waals surface area contributed by atoms with Crippen molar-refractivity contribution >= 4 is 50.8 Å². The van der Waals surface area contributed by atoms with Gasteiger partial charge in [0.2, 0.25) is 0 Å². The van der Waals surface area contributed by atoms with E-state index < -0.39 is 0 Å². The summed E-state index contributed by atoms with van der Waals surface area (Å²) in [6.07, 6.45) is 0. The number of hydrogen-bond donors (Lipinski definition) is 1. The van der Waals surface area contributed by atoms with Crippen molar-refractivity contribution < 1.29 is 14.4 Å². The van der Waals surface area contributed by atoms with Crippen molar-refractivity contribution in [3.8, 4) is 0 Å². The van der Waals surface area contributed by atoms with E-state index in [1.807, 2.05) is 80.8 Å². The highest BCUT2D eigenvalue weighted by molar-refractivity contribution is 6.20. The van der Waals surface area contributed by atoms with Gasteiger partial charge in [-0.3, -0.25) is 14.4 Å². The number of benzene rings is 2. The van der Waals surface area contributed by atoms with E-state index in [-0.39, 0.29) is 23.4 Å². The molecule has 4 aromatic rings. The average molecular weight is 523 g/mol. The van der Waals surface area contributed by atoms with Crippen molar-refractivity contribution in [3.05, 3.63) is 71.0 Å². The zero-order valence-corrected chi connectivity index (χ0v) is 24.2. The van der Waals surface area contributed by atoms with Crippen LogP contribution in [-0.2, 0) is 4.79 Å². The van der Waals surface area contributed by atoms with Crippen LogP contribution in [0.3, 0.4) is 0 Å². The van der Waals surface area contributed by atoms with Gasteiger partial charge >= 0.3 is 0 Å². The van der Waals surface area contributed by atoms with Crippen LogP contribution in [0.15, 0.2) is 48.5 Å². The summed E-state index contributed by atoms with van der Waals surface area (Å²) in [6.45, 7) is 16.7. The number of hydrogen-bond acceptors (Lipinski definition) is 3. The molecule has 0 bridgehead atoms. The van der Waals surface area contributed by atoms with E-state index in [2.05, 4.69) is 18.8 Å². The Hall–Kier alpha value is -3.18. The summed E-state index contributed by atoms with van der Waals surface area (Å²) >= 11 is 5.61. The van der Waals surface area contributed by atoms with E-state index >= 15 is 0 Å². The maximum absolute atomic E-state index is 11.8. The number of nitrogens with one attached hydrogen (secondary N) is 1. The van der Waals surface area contributed by atoms with Gasteiger partial charge in [0.15, 0.2) is 17.3 Å². The normalized spacial score (nSPS) is 12.4. The third kappa shape index (κ3) is 6.98. The first kappa shape index (κ1) is 30.0. The van der Waals surface area contributed by atoms with Gasteiger partial charge in [0.05, 0.1) is 6.04 Å². The molecule has 0 fully saturated rings. The monoisotopic (exact) mass is 522 g/mol. The number of H-pyrrole nitrogens is 1. The fraction of sp³-hybridized carbons (Fsp3) is 0.387. The molecule has 2 aromatic heterocycles. The molecule has 6 heteroatoms. The number of nitrogens with zero attached hydrogens (tertiary/aromatic N) is 1. The third-order valence-corrected chi connectivity index (χ3v) is 7.15. The molecule has 2 atom stereocenters. The minimum absolute atomic E-state index is 0.0400. The van der Waals surface area contributed by atoms with E-state index in [0.29, 0.717) is 11.3 Å².